The number of aromatic amines is 1. The Morgan fingerprint density at radius 1 is 1.38 bits per heavy atom. The maximum absolute atomic E-state index is 13.4. The second-order valence-corrected chi connectivity index (χ2v) is 9.54. The Labute approximate surface area is 188 Å². The van der Waals surface area contributed by atoms with Crippen LogP contribution in [0.5, 0.6) is 0 Å². The van der Waals surface area contributed by atoms with Crippen molar-refractivity contribution in [1.82, 2.24) is 30.1 Å². The molecule has 0 saturated heterocycles. The summed E-state index contributed by atoms with van der Waals surface area (Å²) in [7, 11) is 0. The van der Waals surface area contributed by atoms with Gasteiger partial charge in [0.25, 0.3) is 0 Å². The summed E-state index contributed by atoms with van der Waals surface area (Å²) in [6, 6.07) is -0.261. The summed E-state index contributed by atoms with van der Waals surface area (Å²) in [5, 5.41) is 9.75. The van der Waals surface area contributed by atoms with Gasteiger partial charge in [-0.3, -0.25) is 9.80 Å². The number of nitrogens with zero attached hydrogens (tertiary/aromatic N) is 5. The van der Waals surface area contributed by atoms with Crippen LogP contribution < -0.4 is 5.84 Å². The van der Waals surface area contributed by atoms with E-state index in [1.807, 2.05) is 33.0 Å². The summed E-state index contributed by atoms with van der Waals surface area (Å²) < 4.78 is 5.74. The normalized spacial score (nSPS) is 20.2. The van der Waals surface area contributed by atoms with Gasteiger partial charge in [0.05, 0.1) is 23.8 Å². The molecule has 2 aliphatic rings. The van der Waals surface area contributed by atoms with Crippen molar-refractivity contribution in [2.75, 3.05) is 6.54 Å². The van der Waals surface area contributed by atoms with E-state index in [0.717, 1.165) is 22.7 Å². The van der Waals surface area contributed by atoms with Gasteiger partial charge < -0.3 is 14.3 Å². The molecule has 2 aliphatic heterocycles. The number of hydrogen-bond acceptors (Lipinski definition) is 7. The van der Waals surface area contributed by atoms with E-state index in [2.05, 4.69) is 46.2 Å². The van der Waals surface area contributed by atoms with Crippen LogP contribution in [0.1, 0.15) is 75.0 Å². The smallest absolute Gasteiger partial charge is 0.311 e. The van der Waals surface area contributed by atoms with Crippen LogP contribution in [0, 0.1) is 5.92 Å². The van der Waals surface area contributed by atoms with Crippen molar-refractivity contribution >= 4 is 5.91 Å². The highest BCUT2D eigenvalue weighted by Crippen LogP contribution is 2.34. The average Bonchev–Trinajstić information content (AvgIpc) is 3.41. The van der Waals surface area contributed by atoms with Crippen LogP contribution in [0.15, 0.2) is 46.4 Å². The maximum Gasteiger partial charge on any atom is 0.311 e. The third kappa shape index (κ3) is 4.12. The van der Waals surface area contributed by atoms with Crippen LogP contribution in [0.25, 0.3) is 0 Å². The van der Waals surface area contributed by atoms with E-state index in [9.17, 15) is 4.79 Å². The van der Waals surface area contributed by atoms with Crippen molar-refractivity contribution in [3.63, 3.8) is 0 Å². The number of nitrogens with two attached hydrogens (primary N) is 1. The minimum atomic E-state index is -0.328. The number of nitrogens with one attached hydrogen (secondary N) is 1. The van der Waals surface area contributed by atoms with E-state index in [0.29, 0.717) is 31.2 Å². The largest absolute Gasteiger partial charge is 0.416 e. The molecule has 2 aromatic rings. The fourth-order valence-corrected chi connectivity index (χ4v) is 4.06. The summed E-state index contributed by atoms with van der Waals surface area (Å²) in [6.45, 7) is 10.7. The molecule has 0 spiro atoms. The van der Waals surface area contributed by atoms with E-state index >= 15 is 0 Å². The molecule has 2 aromatic heterocycles. The number of hydrazine groups is 1. The van der Waals surface area contributed by atoms with Crippen LogP contribution in [0.2, 0.25) is 0 Å². The minimum Gasteiger partial charge on any atom is -0.416 e. The van der Waals surface area contributed by atoms with Gasteiger partial charge in [-0.25, -0.2) is 10.8 Å². The molecule has 32 heavy (non-hydrogen) atoms. The summed E-state index contributed by atoms with van der Waals surface area (Å²) in [5.74, 6) is 6.72. The number of allylic oxidation sites excluding steroid dienone is 3. The lowest BCUT2D eigenvalue weighted by Crippen LogP contribution is -2.40. The molecule has 4 heterocycles. The first kappa shape index (κ1) is 22.0. The molecule has 3 N–H and O–H groups in total. The monoisotopic (exact) mass is 437 g/mol. The molecule has 170 valence electrons. The summed E-state index contributed by atoms with van der Waals surface area (Å²) in [4.78, 5) is 22.9. The van der Waals surface area contributed by atoms with Gasteiger partial charge in [0.1, 0.15) is 0 Å². The van der Waals surface area contributed by atoms with E-state index in [4.69, 9.17) is 10.3 Å². The zero-order valence-corrected chi connectivity index (χ0v) is 19.3. The van der Waals surface area contributed by atoms with Crippen LogP contribution in [-0.2, 0) is 11.8 Å². The second kappa shape index (κ2) is 8.38. The van der Waals surface area contributed by atoms with Gasteiger partial charge in [-0.2, -0.15) is 0 Å². The SMILES string of the molecule is CC(C)C1=CC=CN(N)/C1=C\C[C@H]1c2nc[nH]c2CCN1C(=O)c1nnc(C(C)(C)C)o1. The zero-order chi connectivity index (χ0) is 23.0. The summed E-state index contributed by atoms with van der Waals surface area (Å²) in [6.07, 6.45) is 10.9. The number of carbonyl (C=O) groups is 1. The van der Waals surface area contributed by atoms with Gasteiger partial charge in [-0.15, -0.1) is 10.2 Å². The third-order valence-corrected chi connectivity index (χ3v) is 5.81. The standard InChI is InChI=1S/C23H31N7O2/c1-14(2)15-7-6-11-30(24)17(15)8-9-18-19-16(25-13-26-19)10-12-29(18)21(31)20-27-28-22(32-20)23(3,4)5/h6-8,11,13-14,18H,9-10,12,24H2,1-5H3,(H,25,26)/b17-8-/t18-/m0/s1. The summed E-state index contributed by atoms with van der Waals surface area (Å²) >= 11 is 0. The van der Waals surface area contributed by atoms with E-state index < -0.39 is 0 Å². The van der Waals surface area contributed by atoms with E-state index in [-0.39, 0.29) is 23.3 Å². The van der Waals surface area contributed by atoms with Crippen molar-refractivity contribution in [2.45, 2.75) is 58.9 Å². The highest BCUT2D eigenvalue weighted by molar-refractivity contribution is 5.90. The third-order valence-electron chi connectivity index (χ3n) is 5.81. The predicted octanol–water partition coefficient (Wildman–Crippen LogP) is 3.39. The van der Waals surface area contributed by atoms with Gasteiger partial charge in [0, 0.05) is 30.3 Å². The Bertz CT molecular complexity index is 1080. The Morgan fingerprint density at radius 3 is 2.84 bits per heavy atom. The lowest BCUT2D eigenvalue weighted by Gasteiger charge is -2.34. The Morgan fingerprint density at radius 2 is 2.16 bits per heavy atom. The van der Waals surface area contributed by atoms with Crippen molar-refractivity contribution in [1.29, 1.82) is 0 Å². The molecule has 0 aromatic carbocycles. The number of aromatic nitrogens is 4. The molecular weight excluding hydrogens is 406 g/mol. The van der Waals surface area contributed by atoms with Crippen molar-refractivity contribution in [3.8, 4) is 0 Å². The van der Waals surface area contributed by atoms with Crippen LogP contribution in [-0.4, -0.2) is 42.5 Å². The quantitative estimate of drug-likeness (QED) is 0.704. The molecule has 9 heteroatoms. The molecule has 0 fully saturated rings. The molecule has 9 nitrogen and oxygen atoms in total. The first-order chi connectivity index (χ1) is 15.2. The molecule has 0 aliphatic carbocycles. The first-order valence-electron chi connectivity index (χ1n) is 11.0. The molecular formula is C23H31N7O2. The maximum atomic E-state index is 13.4. The molecule has 4 rings (SSSR count). The molecule has 0 bridgehead atoms. The minimum absolute atomic E-state index is 0.00961. The number of H-pyrrole nitrogens is 1. The van der Waals surface area contributed by atoms with Crippen molar-refractivity contribution < 1.29 is 9.21 Å². The molecule has 0 radical (unpaired) electrons. The lowest BCUT2D eigenvalue weighted by molar-refractivity contribution is 0.0612. The summed E-state index contributed by atoms with van der Waals surface area (Å²) in [5.41, 5.74) is 3.67. The van der Waals surface area contributed by atoms with Crippen LogP contribution in [0.4, 0.5) is 0 Å². The van der Waals surface area contributed by atoms with Crippen molar-refractivity contribution in [2.24, 2.45) is 11.8 Å². The van der Waals surface area contributed by atoms with Crippen LogP contribution in [0.3, 0.4) is 0 Å². The van der Waals surface area contributed by atoms with Gasteiger partial charge in [-0.1, -0.05) is 46.8 Å². The average molecular weight is 438 g/mol. The second-order valence-electron chi connectivity index (χ2n) is 9.54. The zero-order valence-electron chi connectivity index (χ0n) is 19.3. The Hall–Kier alpha value is -3.20. The molecule has 0 unspecified atom stereocenters. The first-order valence-corrected chi connectivity index (χ1v) is 11.0. The molecule has 1 amide bonds. The highest BCUT2D eigenvalue weighted by Gasteiger charge is 2.36. The van der Waals surface area contributed by atoms with Gasteiger partial charge in [-0.05, 0) is 24.0 Å². The number of rotatable bonds is 4. The Balaban J connectivity index is 1.65. The lowest BCUT2D eigenvalue weighted by atomic mass is 9.94. The number of carbonyl (C=O) groups excluding carboxylic acids is 1. The van der Waals surface area contributed by atoms with Gasteiger partial charge >= 0.3 is 11.8 Å². The van der Waals surface area contributed by atoms with E-state index in [1.165, 1.54) is 0 Å². The van der Waals surface area contributed by atoms with E-state index in [1.54, 1.807) is 16.2 Å². The Kier molecular flexibility index (Phi) is 5.77. The van der Waals surface area contributed by atoms with Gasteiger partial charge in [0.15, 0.2) is 0 Å². The molecule has 1 atom stereocenters. The number of imidazole rings is 1. The van der Waals surface area contributed by atoms with Gasteiger partial charge in [0.2, 0.25) is 5.89 Å². The number of hydrogen-bond donors (Lipinski definition) is 2. The van der Waals surface area contributed by atoms with Crippen LogP contribution >= 0.6 is 0 Å². The molecule has 0 saturated carbocycles. The van der Waals surface area contributed by atoms with Crippen molar-refractivity contribution in [3.05, 3.63) is 65.2 Å². The fraction of sp³-hybridized carbons (Fsp3) is 0.478. The fourth-order valence-electron chi connectivity index (χ4n) is 4.06. The topological polar surface area (TPSA) is 117 Å². The number of fused-ring (bicyclic) bond motifs is 1. The number of amides is 1. The predicted molar refractivity (Wildman–Crippen MR) is 120 cm³/mol. The highest BCUT2D eigenvalue weighted by atomic mass is 16.4.